The maximum absolute atomic E-state index is 5.87. The van der Waals surface area contributed by atoms with Gasteiger partial charge in [-0.05, 0) is 54.8 Å². The molecule has 0 N–H and O–H groups in total. The van der Waals surface area contributed by atoms with E-state index in [1.165, 1.54) is 11.8 Å². The number of furan rings is 2. The van der Waals surface area contributed by atoms with E-state index in [0.29, 0.717) is 45.6 Å². The van der Waals surface area contributed by atoms with Gasteiger partial charge in [0.25, 0.3) is 0 Å². The average molecular weight is 415 g/mol. The minimum Gasteiger partial charge on any atom is -0.486 e. The second-order valence-corrected chi connectivity index (χ2v) is 6.80. The Labute approximate surface area is 170 Å². The third-order valence-electron chi connectivity index (χ3n) is 3.71. The Kier molecular flexibility index (Phi) is 5.50. The van der Waals surface area contributed by atoms with Crippen LogP contribution in [0.15, 0.2) is 73.9 Å². The Morgan fingerprint density at radius 2 is 2.04 bits per heavy atom. The van der Waals surface area contributed by atoms with Crippen LogP contribution in [0.2, 0.25) is 5.02 Å². The van der Waals surface area contributed by atoms with Crippen LogP contribution < -0.4 is 4.74 Å². The number of aromatic nitrogens is 3. The Balaban J connectivity index is 1.47. The molecule has 0 radical (unpaired) electrons. The molecule has 0 amide bonds. The lowest BCUT2D eigenvalue weighted by Crippen LogP contribution is -1.95. The Bertz CT molecular complexity index is 1070. The lowest BCUT2D eigenvalue weighted by molar-refractivity contribution is 0.270. The van der Waals surface area contributed by atoms with Crippen LogP contribution in [-0.4, -0.2) is 27.3 Å². The molecule has 142 valence electrons. The van der Waals surface area contributed by atoms with E-state index < -0.39 is 0 Å². The zero-order valence-corrected chi connectivity index (χ0v) is 16.4. The van der Waals surface area contributed by atoms with E-state index in [2.05, 4.69) is 15.3 Å². The molecule has 0 unspecified atom stereocenters. The molecule has 0 saturated carbocycles. The monoisotopic (exact) mass is 414 g/mol. The predicted octanol–water partition coefficient (Wildman–Crippen LogP) is 4.97. The summed E-state index contributed by atoms with van der Waals surface area (Å²) in [5, 5.41) is 14.0. The number of thioether (sulfide) groups is 1. The molecule has 3 aromatic heterocycles. The molecule has 0 aliphatic carbocycles. The first-order chi connectivity index (χ1) is 13.7. The van der Waals surface area contributed by atoms with E-state index >= 15 is 0 Å². The SMILES string of the molecule is CSc1nnc(-c2ccco2)n1/N=C\c1ccc(COc2ccc(Cl)cc2)o1. The highest BCUT2D eigenvalue weighted by atomic mass is 35.5. The van der Waals surface area contributed by atoms with E-state index in [-0.39, 0.29) is 0 Å². The second-order valence-electron chi connectivity index (χ2n) is 5.59. The molecule has 4 aromatic rings. The fraction of sp³-hybridized carbons (Fsp3) is 0.105. The van der Waals surface area contributed by atoms with Crippen LogP contribution in [-0.2, 0) is 6.61 Å². The summed E-state index contributed by atoms with van der Waals surface area (Å²) >= 11 is 7.30. The van der Waals surface area contributed by atoms with Gasteiger partial charge in [-0.15, -0.1) is 10.2 Å². The molecule has 0 fully saturated rings. The molecule has 0 aliphatic rings. The van der Waals surface area contributed by atoms with Crippen molar-refractivity contribution in [3.63, 3.8) is 0 Å². The van der Waals surface area contributed by atoms with Crippen molar-refractivity contribution in [3.8, 4) is 17.3 Å². The van der Waals surface area contributed by atoms with E-state index in [0.717, 1.165) is 0 Å². The number of halogens is 1. The average Bonchev–Trinajstić information content (AvgIpc) is 3.45. The van der Waals surface area contributed by atoms with Gasteiger partial charge >= 0.3 is 0 Å². The summed E-state index contributed by atoms with van der Waals surface area (Å²) in [6.45, 7) is 0.301. The van der Waals surface area contributed by atoms with Gasteiger partial charge in [-0.25, -0.2) is 0 Å². The first kappa shape index (κ1) is 18.4. The summed E-state index contributed by atoms with van der Waals surface area (Å²) in [5.74, 6) is 3.08. The molecule has 0 saturated heterocycles. The molecule has 0 spiro atoms. The van der Waals surface area contributed by atoms with Crippen LogP contribution in [0.25, 0.3) is 11.6 Å². The standard InChI is InChI=1S/C19H15ClN4O3S/c1-28-19-23-22-18(17-3-2-10-25-17)24(19)21-11-15-8-9-16(27-15)12-26-14-6-4-13(20)5-7-14/h2-11H,12H2,1H3/b21-11-. The molecule has 1 aromatic carbocycles. The lowest BCUT2D eigenvalue weighted by atomic mass is 10.3. The van der Waals surface area contributed by atoms with Gasteiger partial charge in [-0.3, -0.25) is 0 Å². The molecular formula is C19H15ClN4O3S. The third kappa shape index (κ3) is 4.13. The molecule has 7 nitrogen and oxygen atoms in total. The van der Waals surface area contributed by atoms with Crippen molar-refractivity contribution in [2.75, 3.05) is 6.26 Å². The van der Waals surface area contributed by atoms with Crippen molar-refractivity contribution in [1.82, 2.24) is 14.9 Å². The highest BCUT2D eigenvalue weighted by Crippen LogP contribution is 2.23. The topological polar surface area (TPSA) is 78.6 Å². The predicted molar refractivity (Wildman–Crippen MR) is 107 cm³/mol. The maximum Gasteiger partial charge on any atom is 0.221 e. The molecule has 28 heavy (non-hydrogen) atoms. The Morgan fingerprint density at radius 3 is 2.79 bits per heavy atom. The van der Waals surface area contributed by atoms with Gasteiger partial charge < -0.3 is 13.6 Å². The van der Waals surface area contributed by atoms with Crippen molar-refractivity contribution in [2.45, 2.75) is 11.8 Å². The van der Waals surface area contributed by atoms with Crippen molar-refractivity contribution < 1.29 is 13.6 Å². The van der Waals surface area contributed by atoms with Crippen LogP contribution in [0, 0.1) is 0 Å². The molecule has 9 heteroatoms. The van der Waals surface area contributed by atoms with E-state index in [9.17, 15) is 0 Å². The van der Waals surface area contributed by atoms with E-state index in [1.807, 2.05) is 18.4 Å². The van der Waals surface area contributed by atoms with E-state index in [1.54, 1.807) is 53.6 Å². The van der Waals surface area contributed by atoms with Crippen molar-refractivity contribution in [3.05, 3.63) is 71.3 Å². The number of hydrogen-bond donors (Lipinski definition) is 0. The number of benzene rings is 1. The summed E-state index contributed by atoms with van der Waals surface area (Å²) < 4.78 is 18.4. The van der Waals surface area contributed by atoms with Crippen molar-refractivity contribution >= 4 is 29.6 Å². The maximum atomic E-state index is 5.87. The van der Waals surface area contributed by atoms with Crippen LogP contribution in [0.3, 0.4) is 0 Å². The molecular weight excluding hydrogens is 400 g/mol. The van der Waals surface area contributed by atoms with Gasteiger partial charge in [0.05, 0.1) is 12.5 Å². The minimum absolute atomic E-state index is 0.301. The number of hydrogen-bond acceptors (Lipinski definition) is 7. The lowest BCUT2D eigenvalue weighted by Gasteiger charge is -2.03. The van der Waals surface area contributed by atoms with E-state index in [4.69, 9.17) is 25.2 Å². The summed E-state index contributed by atoms with van der Waals surface area (Å²) in [6, 6.07) is 14.4. The van der Waals surface area contributed by atoms with Crippen LogP contribution in [0.1, 0.15) is 11.5 Å². The zero-order chi connectivity index (χ0) is 19.3. The molecule has 4 rings (SSSR count). The number of nitrogens with zero attached hydrogens (tertiary/aromatic N) is 4. The quantitative estimate of drug-likeness (QED) is 0.314. The van der Waals surface area contributed by atoms with Crippen LogP contribution in [0.5, 0.6) is 5.75 Å². The smallest absolute Gasteiger partial charge is 0.221 e. The summed E-state index contributed by atoms with van der Waals surface area (Å²) in [4.78, 5) is 0. The van der Waals surface area contributed by atoms with Gasteiger partial charge in [-0.2, -0.15) is 9.78 Å². The van der Waals surface area contributed by atoms with Gasteiger partial charge in [0.2, 0.25) is 11.0 Å². The van der Waals surface area contributed by atoms with Gasteiger partial charge in [0, 0.05) is 5.02 Å². The summed E-state index contributed by atoms with van der Waals surface area (Å²) in [7, 11) is 0. The number of rotatable bonds is 7. The van der Waals surface area contributed by atoms with Gasteiger partial charge in [-0.1, -0.05) is 23.4 Å². The molecule has 0 aliphatic heterocycles. The summed E-state index contributed by atoms with van der Waals surface area (Å²) in [5.41, 5.74) is 0. The highest BCUT2D eigenvalue weighted by Gasteiger charge is 2.15. The minimum atomic E-state index is 0.301. The van der Waals surface area contributed by atoms with Gasteiger partial charge in [0.1, 0.15) is 23.9 Å². The number of ether oxygens (including phenoxy) is 1. The highest BCUT2D eigenvalue weighted by molar-refractivity contribution is 7.98. The molecule has 3 heterocycles. The second kappa shape index (κ2) is 8.37. The normalized spacial score (nSPS) is 11.4. The Morgan fingerprint density at radius 1 is 1.18 bits per heavy atom. The van der Waals surface area contributed by atoms with Gasteiger partial charge in [0.15, 0.2) is 5.76 Å². The van der Waals surface area contributed by atoms with Crippen molar-refractivity contribution in [1.29, 1.82) is 0 Å². The first-order valence-electron chi connectivity index (χ1n) is 8.27. The fourth-order valence-corrected chi connectivity index (χ4v) is 2.95. The Hall–Kier alpha value is -2.97. The molecule has 0 bridgehead atoms. The third-order valence-corrected chi connectivity index (χ3v) is 4.59. The largest absolute Gasteiger partial charge is 0.486 e. The van der Waals surface area contributed by atoms with Crippen LogP contribution in [0.4, 0.5) is 0 Å². The molecule has 0 atom stereocenters. The van der Waals surface area contributed by atoms with Crippen LogP contribution >= 0.6 is 23.4 Å². The summed E-state index contributed by atoms with van der Waals surface area (Å²) in [6.07, 6.45) is 5.08. The van der Waals surface area contributed by atoms with Crippen molar-refractivity contribution in [2.24, 2.45) is 5.10 Å². The fourth-order valence-electron chi connectivity index (χ4n) is 2.40. The zero-order valence-electron chi connectivity index (χ0n) is 14.8. The first-order valence-corrected chi connectivity index (χ1v) is 9.88.